The van der Waals surface area contributed by atoms with Gasteiger partial charge in [0.25, 0.3) is 10.0 Å². The number of benzene rings is 1. The van der Waals surface area contributed by atoms with Crippen LogP contribution in [0.1, 0.15) is 11.1 Å². The normalized spacial score (nSPS) is 12.2. The molecule has 104 valence electrons. The second-order valence-corrected chi connectivity index (χ2v) is 5.20. The lowest BCUT2D eigenvalue weighted by Gasteiger charge is -2.10. The molecule has 0 heterocycles. The van der Waals surface area contributed by atoms with E-state index in [2.05, 4.69) is 4.84 Å². The molecule has 0 aliphatic carbocycles. The molecule has 1 aromatic rings. The number of hydrogen-bond acceptors (Lipinski definition) is 4. The van der Waals surface area contributed by atoms with Crippen molar-refractivity contribution in [3.63, 3.8) is 0 Å². The van der Waals surface area contributed by atoms with Crippen molar-refractivity contribution in [2.24, 2.45) is 0 Å². The van der Waals surface area contributed by atoms with Gasteiger partial charge in [0.2, 0.25) is 0 Å². The number of nitrogens with zero attached hydrogens (tertiary/aromatic N) is 1. The molecule has 0 aliphatic rings. The van der Waals surface area contributed by atoms with Crippen LogP contribution < -0.4 is 4.89 Å². The highest BCUT2D eigenvalue weighted by Gasteiger charge is 2.29. The van der Waals surface area contributed by atoms with Gasteiger partial charge < -0.3 is 0 Å². The van der Waals surface area contributed by atoms with Crippen molar-refractivity contribution in [1.29, 1.82) is 5.26 Å². The van der Waals surface area contributed by atoms with Crippen LogP contribution in [0.5, 0.6) is 0 Å². The van der Waals surface area contributed by atoms with Gasteiger partial charge in [-0.2, -0.15) is 18.4 Å². The summed E-state index contributed by atoms with van der Waals surface area (Å²) in [5, 5.41) is 8.62. The van der Waals surface area contributed by atoms with Crippen molar-refractivity contribution in [2.75, 3.05) is 6.61 Å². The van der Waals surface area contributed by atoms with Crippen molar-refractivity contribution in [3.8, 4) is 6.07 Å². The van der Waals surface area contributed by atoms with E-state index in [1.165, 1.54) is 23.9 Å². The number of hydrogen-bond donors (Lipinski definition) is 1. The van der Waals surface area contributed by atoms with E-state index < -0.39 is 22.8 Å². The third kappa shape index (κ3) is 4.51. The van der Waals surface area contributed by atoms with Gasteiger partial charge in [-0.3, -0.25) is 4.84 Å². The monoisotopic (exact) mass is 294 g/mol. The summed E-state index contributed by atoms with van der Waals surface area (Å²) in [4.78, 5) is 5.02. The highest BCUT2D eigenvalue weighted by atomic mass is 32.2. The Morgan fingerprint density at radius 2 is 2.05 bits per heavy atom. The predicted molar refractivity (Wildman–Crippen MR) is 58.2 cm³/mol. The maximum absolute atomic E-state index is 11.8. The van der Waals surface area contributed by atoms with E-state index in [-0.39, 0.29) is 16.0 Å². The highest BCUT2D eigenvalue weighted by molar-refractivity contribution is 7.89. The van der Waals surface area contributed by atoms with Crippen LogP contribution in [-0.4, -0.2) is 21.2 Å². The summed E-state index contributed by atoms with van der Waals surface area (Å²) in [5.74, 6) is 0. The van der Waals surface area contributed by atoms with Gasteiger partial charge in [-0.05, 0) is 30.7 Å². The van der Waals surface area contributed by atoms with Crippen molar-refractivity contribution >= 4 is 10.0 Å². The van der Waals surface area contributed by atoms with Gasteiger partial charge in [0.05, 0.1) is 16.5 Å². The van der Waals surface area contributed by atoms with Gasteiger partial charge in [-0.1, -0.05) is 4.89 Å². The zero-order chi connectivity index (χ0) is 14.7. The average molecular weight is 294 g/mol. The zero-order valence-electron chi connectivity index (χ0n) is 9.65. The first-order valence-corrected chi connectivity index (χ1v) is 6.35. The minimum atomic E-state index is -4.64. The van der Waals surface area contributed by atoms with Crippen LogP contribution in [0.2, 0.25) is 0 Å². The predicted octanol–water partition coefficient (Wildman–Crippen LogP) is 1.64. The molecule has 0 bridgehead atoms. The van der Waals surface area contributed by atoms with E-state index in [1.54, 1.807) is 0 Å². The minimum absolute atomic E-state index is 0.224. The molecule has 0 aromatic heterocycles. The fourth-order valence-electron chi connectivity index (χ4n) is 1.25. The lowest BCUT2D eigenvalue weighted by atomic mass is 10.2. The van der Waals surface area contributed by atoms with E-state index in [4.69, 9.17) is 5.26 Å². The summed E-state index contributed by atoms with van der Waals surface area (Å²) in [5.41, 5.74) is 0.467. The lowest BCUT2D eigenvalue weighted by molar-refractivity contribution is -0.181. The Balaban J connectivity index is 2.87. The molecule has 0 aliphatic heterocycles. The molecule has 1 N–H and O–H groups in total. The van der Waals surface area contributed by atoms with Crippen molar-refractivity contribution in [3.05, 3.63) is 29.3 Å². The number of aryl methyl sites for hydroxylation is 1. The van der Waals surface area contributed by atoms with Gasteiger partial charge in [-0.25, -0.2) is 8.42 Å². The van der Waals surface area contributed by atoms with Crippen LogP contribution in [0.15, 0.2) is 23.1 Å². The van der Waals surface area contributed by atoms with Crippen molar-refractivity contribution in [2.45, 2.75) is 18.0 Å². The third-order valence-corrected chi connectivity index (χ3v) is 3.37. The van der Waals surface area contributed by atoms with Gasteiger partial charge in [-0.15, -0.1) is 0 Å². The first-order chi connectivity index (χ1) is 8.65. The molecule has 5 nitrogen and oxygen atoms in total. The lowest BCUT2D eigenvalue weighted by Crippen LogP contribution is -2.30. The van der Waals surface area contributed by atoms with Gasteiger partial charge in [0, 0.05) is 0 Å². The number of rotatable bonds is 4. The van der Waals surface area contributed by atoms with E-state index in [1.807, 2.05) is 6.07 Å². The number of alkyl halides is 3. The van der Waals surface area contributed by atoms with Crippen LogP contribution in [-0.2, 0) is 14.9 Å². The standard InChI is InChI=1S/C10H9F3N2O3S/c1-7-4-8(5-14)2-3-9(7)19(16,17)15-18-6-10(11,12)13/h2-4,15H,6H2,1H3. The Hall–Kier alpha value is -1.63. The van der Waals surface area contributed by atoms with Gasteiger partial charge >= 0.3 is 6.18 Å². The second-order valence-electron chi connectivity index (χ2n) is 3.58. The fraction of sp³-hybridized carbons (Fsp3) is 0.300. The molecule has 0 atom stereocenters. The van der Waals surface area contributed by atoms with E-state index in [0.29, 0.717) is 0 Å². The Morgan fingerprint density at radius 3 is 2.53 bits per heavy atom. The number of halogens is 3. The van der Waals surface area contributed by atoms with E-state index >= 15 is 0 Å². The minimum Gasteiger partial charge on any atom is -0.277 e. The number of nitrogens with one attached hydrogen (secondary N) is 1. The summed E-state index contributed by atoms with van der Waals surface area (Å²) in [6.07, 6.45) is -4.64. The molecule has 0 unspecified atom stereocenters. The van der Waals surface area contributed by atoms with Crippen LogP contribution in [0.3, 0.4) is 0 Å². The topological polar surface area (TPSA) is 79.2 Å². The summed E-state index contributed by atoms with van der Waals surface area (Å²) < 4.78 is 58.8. The molecule has 0 saturated carbocycles. The first kappa shape index (κ1) is 15.4. The van der Waals surface area contributed by atoms with Gasteiger partial charge in [0.1, 0.15) is 0 Å². The molecule has 0 spiro atoms. The van der Waals surface area contributed by atoms with Crippen LogP contribution in [0.4, 0.5) is 13.2 Å². The summed E-state index contributed by atoms with van der Waals surface area (Å²) in [6.45, 7) is -0.319. The van der Waals surface area contributed by atoms with Crippen LogP contribution in [0.25, 0.3) is 0 Å². The maximum Gasteiger partial charge on any atom is 0.413 e. The smallest absolute Gasteiger partial charge is 0.277 e. The molecule has 0 saturated heterocycles. The van der Waals surface area contributed by atoms with E-state index in [0.717, 1.165) is 6.07 Å². The quantitative estimate of drug-likeness (QED) is 0.856. The Kier molecular flexibility index (Phi) is 4.52. The summed E-state index contributed by atoms with van der Waals surface area (Å²) in [7, 11) is -4.22. The molecular formula is C10H9F3N2O3S. The number of nitriles is 1. The molecule has 0 amide bonds. The van der Waals surface area contributed by atoms with Crippen LogP contribution >= 0.6 is 0 Å². The van der Waals surface area contributed by atoms with Crippen LogP contribution in [0, 0.1) is 18.3 Å². The average Bonchev–Trinajstić information content (AvgIpc) is 2.26. The van der Waals surface area contributed by atoms with Crippen molar-refractivity contribution < 1.29 is 26.4 Å². The molecular weight excluding hydrogens is 285 g/mol. The fourth-order valence-corrected chi connectivity index (χ4v) is 2.29. The Morgan fingerprint density at radius 1 is 1.42 bits per heavy atom. The number of sulfonamides is 1. The maximum atomic E-state index is 11.8. The van der Waals surface area contributed by atoms with Gasteiger partial charge in [0.15, 0.2) is 6.61 Å². The molecule has 1 aromatic carbocycles. The molecule has 1 rings (SSSR count). The summed E-state index contributed by atoms with van der Waals surface area (Å²) >= 11 is 0. The molecule has 9 heteroatoms. The second kappa shape index (κ2) is 5.56. The Bertz CT molecular complexity index is 605. The van der Waals surface area contributed by atoms with Crippen molar-refractivity contribution in [1.82, 2.24) is 4.89 Å². The molecule has 0 fully saturated rings. The SMILES string of the molecule is Cc1cc(C#N)ccc1S(=O)(=O)NOCC(F)(F)F. The largest absolute Gasteiger partial charge is 0.413 e. The molecule has 0 radical (unpaired) electrons. The highest BCUT2D eigenvalue weighted by Crippen LogP contribution is 2.17. The zero-order valence-corrected chi connectivity index (χ0v) is 10.5. The summed E-state index contributed by atoms with van der Waals surface area (Å²) in [6, 6.07) is 5.48. The third-order valence-electron chi connectivity index (χ3n) is 2.00. The Labute approximate surface area is 107 Å². The first-order valence-electron chi connectivity index (χ1n) is 4.87. The van der Waals surface area contributed by atoms with E-state index in [9.17, 15) is 21.6 Å². The molecule has 19 heavy (non-hydrogen) atoms.